The van der Waals surface area contributed by atoms with Crippen LogP contribution in [0.4, 0.5) is 8.78 Å². The van der Waals surface area contributed by atoms with E-state index in [1.807, 2.05) is 0 Å². The first-order chi connectivity index (χ1) is 9.09. The van der Waals surface area contributed by atoms with Gasteiger partial charge in [0.2, 0.25) is 0 Å². The van der Waals surface area contributed by atoms with Gasteiger partial charge >= 0.3 is 0 Å². The van der Waals surface area contributed by atoms with Gasteiger partial charge in [-0.1, -0.05) is 25.7 Å². The second-order valence-electron chi connectivity index (χ2n) is 5.25. The Morgan fingerprint density at radius 2 is 1.79 bits per heavy atom. The summed E-state index contributed by atoms with van der Waals surface area (Å²) in [7, 11) is 1.53. The summed E-state index contributed by atoms with van der Waals surface area (Å²) >= 11 is 0. The van der Waals surface area contributed by atoms with Crippen LogP contribution < -0.4 is 0 Å². The van der Waals surface area contributed by atoms with Crippen molar-refractivity contribution in [3.8, 4) is 0 Å². The lowest BCUT2D eigenvalue weighted by Gasteiger charge is -2.36. The van der Waals surface area contributed by atoms with E-state index in [1.165, 1.54) is 7.11 Å². The first-order valence-corrected chi connectivity index (χ1v) is 6.77. The molecule has 2 nitrogen and oxygen atoms in total. The summed E-state index contributed by atoms with van der Waals surface area (Å²) < 4.78 is 32.6. The van der Waals surface area contributed by atoms with Gasteiger partial charge in [-0.25, -0.2) is 8.78 Å². The van der Waals surface area contributed by atoms with Crippen LogP contribution >= 0.6 is 0 Å². The summed E-state index contributed by atoms with van der Waals surface area (Å²) in [6.07, 6.45) is 4.24. The molecule has 1 fully saturated rings. The fourth-order valence-electron chi connectivity index (χ4n) is 2.92. The van der Waals surface area contributed by atoms with Crippen molar-refractivity contribution in [1.29, 1.82) is 0 Å². The molecule has 1 unspecified atom stereocenters. The molecule has 0 saturated heterocycles. The summed E-state index contributed by atoms with van der Waals surface area (Å²) in [5.74, 6) is -1.13. The van der Waals surface area contributed by atoms with Crippen LogP contribution in [-0.4, -0.2) is 17.8 Å². The van der Waals surface area contributed by atoms with E-state index in [1.54, 1.807) is 0 Å². The Labute approximate surface area is 112 Å². The van der Waals surface area contributed by atoms with Crippen molar-refractivity contribution >= 4 is 0 Å². The highest BCUT2D eigenvalue weighted by atomic mass is 19.1. The largest absolute Gasteiger partial charge is 0.385 e. The maximum atomic E-state index is 13.8. The molecule has 0 bridgehead atoms. The molecule has 1 N–H and O–H groups in total. The van der Waals surface area contributed by atoms with Crippen LogP contribution in [-0.2, 0) is 4.74 Å². The zero-order valence-electron chi connectivity index (χ0n) is 11.2. The van der Waals surface area contributed by atoms with E-state index < -0.39 is 23.3 Å². The number of methoxy groups -OCH3 is 1. The van der Waals surface area contributed by atoms with Gasteiger partial charge in [0.05, 0.1) is 5.60 Å². The third kappa shape index (κ3) is 2.95. The van der Waals surface area contributed by atoms with Gasteiger partial charge < -0.3 is 9.84 Å². The molecule has 1 aromatic carbocycles. The molecule has 0 aliphatic heterocycles. The highest BCUT2D eigenvalue weighted by Gasteiger charge is 2.40. The average Bonchev–Trinajstić information content (AvgIpc) is 2.67. The van der Waals surface area contributed by atoms with Crippen LogP contribution in [0.3, 0.4) is 0 Å². The van der Waals surface area contributed by atoms with Crippen molar-refractivity contribution in [2.75, 3.05) is 7.11 Å². The molecule has 0 heterocycles. The van der Waals surface area contributed by atoms with E-state index in [0.29, 0.717) is 12.8 Å². The zero-order valence-corrected chi connectivity index (χ0v) is 11.2. The highest BCUT2D eigenvalue weighted by molar-refractivity contribution is 5.24. The molecule has 0 amide bonds. The fourth-order valence-corrected chi connectivity index (χ4v) is 2.92. The third-order valence-corrected chi connectivity index (χ3v) is 4.11. The van der Waals surface area contributed by atoms with Crippen molar-refractivity contribution in [2.45, 2.75) is 50.2 Å². The van der Waals surface area contributed by atoms with Crippen LogP contribution in [0.25, 0.3) is 0 Å². The highest BCUT2D eigenvalue weighted by Crippen LogP contribution is 2.40. The minimum Gasteiger partial charge on any atom is -0.385 e. The van der Waals surface area contributed by atoms with Crippen molar-refractivity contribution in [1.82, 2.24) is 0 Å². The second kappa shape index (κ2) is 5.97. The molecule has 1 aliphatic rings. The molecular weight excluding hydrogens is 250 g/mol. The Morgan fingerprint density at radius 1 is 1.16 bits per heavy atom. The lowest BCUT2D eigenvalue weighted by molar-refractivity contribution is -0.115. The van der Waals surface area contributed by atoms with E-state index in [0.717, 1.165) is 43.9 Å². The number of rotatable bonds is 3. The normalized spacial score (nSPS) is 20.8. The molecule has 0 spiro atoms. The van der Waals surface area contributed by atoms with Gasteiger partial charge in [0.25, 0.3) is 0 Å². The number of aliphatic hydroxyl groups is 1. The van der Waals surface area contributed by atoms with Gasteiger partial charge in [-0.2, -0.15) is 0 Å². The minimum absolute atomic E-state index is 0.0104. The number of ether oxygens (including phenoxy) is 1. The van der Waals surface area contributed by atoms with E-state index in [2.05, 4.69) is 0 Å². The minimum atomic E-state index is -1.13. The zero-order chi connectivity index (χ0) is 13.9. The van der Waals surface area contributed by atoms with Gasteiger partial charge in [-0.15, -0.1) is 0 Å². The SMILES string of the molecule is COC1(C(O)c2cc(F)ccc2F)CCCCCC1. The van der Waals surface area contributed by atoms with Crippen molar-refractivity contribution in [3.05, 3.63) is 35.4 Å². The number of hydrogen-bond donors (Lipinski definition) is 1. The van der Waals surface area contributed by atoms with E-state index in [9.17, 15) is 13.9 Å². The molecule has 1 atom stereocenters. The maximum absolute atomic E-state index is 13.8. The van der Waals surface area contributed by atoms with E-state index in [-0.39, 0.29) is 5.56 Å². The van der Waals surface area contributed by atoms with E-state index in [4.69, 9.17) is 4.74 Å². The Bertz CT molecular complexity index is 426. The Kier molecular flexibility index (Phi) is 4.53. The summed E-state index contributed by atoms with van der Waals surface area (Å²) in [4.78, 5) is 0. The lowest BCUT2D eigenvalue weighted by Crippen LogP contribution is -2.38. The second-order valence-corrected chi connectivity index (χ2v) is 5.25. The van der Waals surface area contributed by atoms with Crippen LogP contribution in [0.5, 0.6) is 0 Å². The van der Waals surface area contributed by atoms with Crippen LogP contribution in [0.2, 0.25) is 0 Å². The van der Waals surface area contributed by atoms with Gasteiger partial charge in [0.15, 0.2) is 0 Å². The van der Waals surface area contributed by atoms with Crippen molar-refractivity contribution < 1.29 is 18.6 Å². The fraction of sp³-hybridized carbons (Fsp3) is 0.600. The topological polar surface area (TPSA) is 29.5 Å². The quantitative estimate of drug-likeness (QED) is 0.848. The standard InChI is InChI=1S/C15H20F2O2/c1-19-15(8-4-2-3-5-9-15)14(18)12-10-11(16)6-7-13(12)17/h6-7,10,14,18H,2-5,8-9H2,1H3. The molecule has 1 aromatic rings. The average molecular weight is 270 g/mol. The number of benzene rings is 1. The Hall–Kier alpha value is -1.00. The van der Waals surface area contributed by atoms with Crippen molar-refractivity contribution in [2.24, 2.45) is 0 Å². The van der Waals surface area contributed by atoms with Gasteiger partial charge in [0, 0.05) is 12.7 Å². The summed E-state index contributed by atoms with van der Waals surface area (Å²) in [6, 6.07) is 3.16. The lowest BCUT2D eigenvalue weighted by atomic mass is 9.84. The van der Waals surface area contributed by atoms with Gasteiger partial charge in [-0.3, -0.25) is 0 Å². The first kappa shape index (κ1) is 14.4. The molecular formula is C15H20F2O2. The number of hydrogen-bond acceptors (Lipinski definition) is 2. The Balaban J connectivity index is 2.33. The molecule has 1 aliphatic carbocycles. The molecule has 0 aromatic heterocycles. The van der Waals surface area contributed by atoms with Crippen LogP contribution in [0, 0.1) is 11.6 Å². The third-order valence-electron chi connectivity index (χ3n) is 4.11. The number of aliphatic hydroxyl groups excluding tert-OH is 1. The summed E-state index contributed by atoms with van der Waals surface area (Å²) in [6.45, 7) is 0. The number of halogens is 2. The molecule has 1 saturated carbocycles. The van der Waals surface area contributed by atoms with Crippen molar-refractivity contribution in [3.63, 3.8) is 0 Å². The molecule has 19 heavy (non-hydrogen) atoms. The molecule has 4 heteroatoms. The van der Waals surface area contributed by atoms with Gasteiger partial charge in [-0.05, 0) is 31.0 Å². The predicted molar refractivity (Wildman–Crippen MR) is 68.8 cm³/mol. The molecule has 0 radical (unpaired) electrons. The predicted octanol–water partition coefficient (Wildman–Crippen LogP) is 3.74. The maximum Gasteiger partial charge on any atom is 0.129 e. The van der Waals surface area contributed by atoms with Crippen LogP contribution in [0.15, 0.2) is 18.2 Å². The monoisotopic (exact) mass is 270 g/mol. The van der Waals surface area contributed by atoms with Crippen LogP contribution in [0.1, 0.15) is 50.2 Å². The smallest absolute Gasteiger partial charge is 0.129 e. The summed E-state index contributed by atoms with van der Waals surface area (Å²) in [5.41, 5.74) is -0.811. The summed E-state index contributed by atoms with van der Waals surface area (Å²) in [5, 5.41) is 10.5. The van der Waals surface area contributed by atoms with E-state index >= 15 is 0 Å². The first-order valence-electron chi connectivity index (χ1n) is 6.77. The molecule has 2 rings (SSSR count). The van der Waals surface area contributed by atoms with Gasteiger partial charge in [0.1, 0.15) is 17.7 Å². The Morgan fingerprint density at radius 3 is 2.37 bits per heavy atom. The molecule has 106 valence electrons.